The van der Waals surface area contributed by atoms with E-state index in [1.807, 2.05) is 0 Å². The number of nitrogens with zero attached hydrogens (tertiary/aromatic N) is 2. The van der Waals surface area contributed by atoms with Crippen molar-refractivity contribution in [1.29, 1.82) is 0 Å². The topological polar surface area (TPSA) is 85.4 Å². The SMILES string of the molecule is Cc1ccc(C)n1-c1c(C(=O)O)cccc1[N+](=O)[O-]. The number of carboxylic acids is 1. The minimum atomic E-state index is -1.19. The molecule has 1 N–H and O–H groups in total. The van der Waals surface area contributed by atoms with Gasteiger partial charge in [-0.15, -0.1) is 0 Å². The highest BCUT2D eigenvalue weighted by atomic mass is 16.6. The number of hydrogen-bond acceptors (Lipinski definition) is 3. The van der Waals surface area contributed by atoms with Crippen molar-refractivity contribution >= 4 is 11.7 Å². The molecule has 0 amide bonds. The Balaban J connectivity index is 2.87. The molecule has 1 heterocycles. The fraction of sp³-hybridized carbons (Fsp3) is 0.154. The van der Waals surface area contributed by atoms with E-state index in [0.29, 0.717) is 0 Å². The zero-order valence-corrected chi connectivity index (χ0v) is 10.5. The van der Waals surface area contributed by atoms with Gasteiger partial charge >= 0.3 is 5.97 Å². The van der Waals surface area contributed by atoms with E-state index in [9.17, 15) is 20.0 Å². The number of nitro benzene ring substituents is 1. The number of carboxylic acid groups (broad SMARTS) is 1. The highest BCUT2D eigenvalue weighted by Gasteiger charge is 2.24. The summed E-state index contributed by atoms with van der Waals surface area (Å²) in [7, 11) is 0. The standard InChI is InChI=1S/C13H12N2O4/c1-8-6-7-9(2)14(8)12-10(13(16)17)4-3-5-11(12)15(18)19/h3-7H,1-2H3,(H,16,17). The summed E-state index contributed by atoms with van der Waals surface area (Å²) < 4.78 is 1.58. The van der Waals surface area contributed by atoms with Gasteiger partial charge in [-0.3, -0.25) is 10.1 Å². The Hall–Kier alpha value is -2.63. The second kappa shape index (κ2) is 4.56. The van der Waals surface area contributed by atoms with Gasteiger partial charge in [0, 0.05) is 17.5 Å². The Kier molecular flexibility index (Phi) is 3.08. The lowest BCUT2D eigenvalue weighted by molar-refractivity contribution is -0.384. The van der Waals surface area contributed by atoms with Gasteiger partial charge in [0.25, 0.3) is 5.69 Å². The molecule has 0 bridgehead atoms. The van der Waals surface area contributed by atoms with Gasteiger partial charge in [-0.25, -0.2) is 4.79 Å². The van der Waals surface area contributed by atoms with Crippen LogP contribution < -0.4 is 0 Å². The monoisotopic (exact) mass is 260 g/mol. The van der Waals surface area contributed by atoms with Crippen LogP contribution in [0.4, 0.5) is 5.69 Å². The van der Waals surface area contributed by atoms with E-state index in [4.69, 9.17) is 0 Å². The molecule has 0 aliphatic heterocycles. The molecule has 2 aromatic rings. The van der Waals surface area contributed by atoms with E-state index in [2.05, 4.69) is 0 Å². The summed E-state index contributed by atoms with van der Waals surface area (Å²) in [5, 5.41) is 20.3. The number of nitro groups is 1. The largest absolute Gasteiger partial charge is 0.478 e. The number of carbonyl (C=O) groups is 1. The molecule has 0 radical (unpaired) electrons. The molecule has 1 aromatic heterocycles. The molecule has 0 aliphatic carbocycles. The van der Waals surface area contributed by atoms with Crippen LogP contribution >= 0.6 is 0 Å². The van der Waals surface area contributed by atoms with Crippen molar-refractivity contribution in [3.05, 3.63) is 57.4 Å². The highest BCUT2D eigenvalue weighted by Crippen LogP contribution is 2.29. The van der Waals surface area contributed by atoms with Crippen LogP contribution in [0.3, 0.4) is 0 Å². The van der Waals surface area contributed by atoms with Crippen molar-refractivity contribution in [3.8, 4) is 5.69 Å². The molecule has 0 aliphatic rings. The minimum absolute atomic E-state index is 0.0865. The summed E-state index contributed by atoms with van der Waals surface area (Å²) in [5.74, 6) is -1.19. The van der Waals surface area contributed by atoms with Crippen molar-refractivity contribution in [2.75, 3.05) is 0 Å². The number of hydrogen-bond donors (Lipinski definition) is 1. The average molecular weight is 260 g/mol. The summed E-state index contributed by atoms with van der Waals surface area (Å²) in [6.45, 7) is 3.55. The second-order valence-electron chi connectivity index (χ2n) is 4.19. The molecule has 0 spiro atoms. The van der Waals surface area contributed by atoms with Crippen LogP contribution in [0.5, 0.6) is 0 Å². The maximum absolute atomic E-state index is 11.3. The predicted octanol–water partition coefficient (Wildman–Crippen LogP) is 2.70. The smallest absolute Gasteiger partial charge is 0.338 e. The van der Waals surface area contributed by atoms with E-state index in [1.54, 1.807) is 30.5 Å². The minimum Gasteiger partial charge on any atom is -0.478 e. The zero-order chi connectivity index (χ0) is 14.2. The summed E-state index contributed by atoms with van der Waals surface area (Å²) in [5.41, 5.74) is 1.28. The molecule has 0 saturated carbocycles. The summed E-state index contributed by atoms with van der Waals surface area (Å²) in [6.07, 6.45) is 0. The average Bonchev–Trinajstić information content (AvgIpc) is 2.67. The van der Waals surface area contributed by atoms with E-state index < -0.39 is 10.9 Å². The van der Waals surface area contributed by atoms with E-state index in [-0.39, 0.29) is 16.9 Å². The van der Waals surface area contributed by atoms with Gasteiger partial charge in [0.1, 0.15) is 5.69 Å². The van der Waals surface area contributed by atoms with Gasteiger partial charge < -0.3 is 9.67 Å². The molecular weight excluding hydrogens is 248 g/mol. The molecule has 6 nitrogen and oxygen atoms in total. The summed E-state index contributed by atoms with van der Waals surface area (Å²) >= 11 is 0. The molecule has 0 unspecified atom stereocenters. The number of para-hydroxylation sites is 1. The van der Waals surface area contributed by atoms with Crippen LogP contribution in [-0.4, -0.2) is 20.6 Å². The van der Waals surface area contributed by atoms with Gasteiger partial charge in [-0.05, 0) is 32.0 Å². The highest BCUT2D eigenvalue weighted by molar-refractivity contribution is 5.94. The van der Waals surface area contributed by atoms with Crippen LogP contribution in [0.1, 0.15) is 21.7 Å². The van der Waals surface area contributed by atoms with Gasteiger partial charge in [0.2, 0.25) is 0 Å². The lowest BCUT2D eigenvalue weighted by Crippen LogP contribution is -2.10. The lowest BCUT2D eigenvalue weighted by atomic mass is 10.1. The first-order valence-corrected chi connectivity index (χ1v) is 5.59. The van der Waals surface area contributed by atoms with Crippen LogP contribution in [0.25, 0.3) is 5.69 Å². The zero-order valence-electron chi connectivity index (χ0n) is 10.5. The molecule has 6 heteroatoms. The molecule has 1 aromatic carbocycles. The van der Waals surface area contributed by atoms with Gasteiger partial charge in [-0.2, -0.15) is 0 Å². The Morgan fingerprint density at radius 3 is 2.26 bits per heavy atom. The van der Waals surface area contributed by atoms with E-state index in [1.165, 1.54) is 18.2 Å². The molecule has 2 rings (SSSR count). The quantitative estimate of drug-likeness (QED) is 0.679. The molecule has 0 atom stereocenters. The molecule has 19 heavy (non-hydrogen) atoms. The fourth-order valence-electron chi connectivity index (χ4n) is 2.11. The second-order valence-corrected chi connectivity index (χ2v) is 4.19. The van der Waals surface area contributed by atoms with Crippen molar-refractivity contribution in [3.63, 3.8) is 0 Å². The molecular formula is C13H12N2O4. The van der Waals surface area contributed by atoms with Crippen LogP contribution in [0, 0.1) is 24.0 Å². The molecule has 0 fully saturated rings. The van der Waals surface area contributed by atoms with Gasteiger partial charge in [0.05, 0.1) is 10.5 Å². The van der Waals surface area contributed by atoms with Crippen LogP contribution in [0.2, 0.25) is 0 Å². The molecule has 0 saturated heterocycles. The van der Waals surface area contributed by atoms with Crippen LogP contribution in [0.15, 0.2) is 30.3 Å². The maximum atomic E-state index is 11.3. The first kappa shape index (κ1) is 12.8. The van der Waals surface area contributed by atoms with Crippen molar-refractivity contribution in [2.24, 2.45) is 0 Å². The third kappa shape index (κ3) is 2.08. The summed E-state index contributed by atoms with van der Waals surface area (Å²) in [6, 6.07) is 7.62. The third-order valence-corrected chi connectivity index (χ3v) is 2.94. The first-order valence-electron chi connectivity index (χ1n) is 5.59. The van der Waals surface area contributed by atoms with Crippen LogP contribution in [-0.2, 0) is 0 Å². The van der Waals surface area contributed by atoms with Crippen molar-refractivity contribution in [1.82, 2.24) is 4.57 Å². The third-order valence-electron chi connectivity index (χ3n) is 2.94. The Morgan fingerprint density at radius 2 is 1.79 bits per heavy atom. The Morgan fingerprint density at radius 1 is 1.21 bits per heavy atom. The fourth-order valence-corrected chi connectivity index (χ4v) is 2.11. The maximum Gasteiger partial charge on any atom is 0.338 e. The lowest BCUT2D eigenvalue weighted by Gasteiger charge is -2.12. The van der Waals surface area contributed by atoms with Gasteiger partial charge in [0.15, 0.2) is 0 Å². The van der Waals surface area contributed by atoms with Gasteiger partial charge in [-0.1, -0.05) is 6.07 Å². The van der Waals surface area contributed by atoms with Crippen molar-refractivity contribution < 1.29 is 14.8 Å². The Bertz CT molecular complexity index is 622. The predicted molar refractivity (Wildman–Crippen MR) is 68.9 cm³/mol. The number of aromatic nitrogens is 1. The number of benzene rings is 1. The molecule has 98 valence electrons. The van der Waals surface area contributed by atoms with Crippen molar-refractivity contribution in [2.45, 2.75) is 13.8 Å². The van der Waals surface area contributed by atoms with E-state index >= 15 is 0 Å². The Labute approximate surface area is 109 Å². The first-order chi connectivity index (χ1) is 8.93. The number of rotatable bonds is 3. The van der Waals surface area contributed by atoms with E-state index in [0.717, 1.165) is 11.4 Å². The summed E-state index contributed by atoms with van der Waals surface area (Å²) in [4.78, 5) is 21.8. The number of aryl methyl sites for hydroxylation is 2. The number of aromatic carboxylic acids is 1. The normalized spacial score (nSPS) is 10.4.